The maximum atomic E-state index is 2.63. The van der Waals surface area contributed by atoms with Crippen molar-refractivity contribution in [3.05, 3.63) is 77.9 Å². The fourth-order valence-electron chi connectivity index (χ4n) is 4.62. The van der Waals surface area contributed by atoms with E-state index in [0.29, 0.717) is 0 Å². The van der Waals surface area contributed by atoms with E-state index in [9.17, 15) is 0 Å². The highest BCUT2D eigenvalue weighted by Gasteiger charge is 2.23. The standard InChI is InChI=1S/C27H31N3S/c1-21-8-11-23(12-9-21)29-18-16-28(17-19-29)14-5-15-30-24-6-3-4-7-26(24)31-27-13-10-22(2)20-25(27)30/h3-4,6-13,20H,5,14-19H2,1-2H3. The molecule has 4 heteroatoms. The lowest BCUT2D eigenvalue weighted by Crippen LogP contribution is -2.47. The molecule has 2 aliphatic rings. The molecule has 1 saturated heterocycles. The van der Waals surface area contributed by atoms with Gasteiger partial charge in [-0.15, -0.1) is 0 Å². The van der Waals surface area contributed by atoms with Crippen LogP contribution in [0.3, 0.4) is 0 Å². The molecule has 0 atom stereocenters. The Balaban J connectivity index is 1.20. The first-order valence-corrected chi connectivity index (χ1v) is 12.2. The van der Waals surface area contributed by atoms with E-state index in [1.54, 1.807) is 0 Å². The third-order valence-corrected chi connectivity index (χ3v) is 7.54. The molecular formula is C27H31N3S. The minimum absolute atomic E-state index is 1.06. The summed E-state index contributed by atoms with van der Waals surface area (Å²) in [6.07, 6.45) is 1.18. The van der Waals surface area contributed by atoms with E-state index in [-0.39, 0.29) is 0 Å². The summed E-state index contributed by atoms with van der Waals surface area (Å²) in [5.74, 6) is 0. The molecule has 3 aromatic carbocycles. The van der Waals surface area contributed by atoms with Crippen LogP contribution in [0.5, 0.6) is 0 Å². The third kappa shape index (κ3) is 4.46. The number of rotatable bonds is 5. The maximum absolute atomic E-state index is 2.63. The van der Waals surface area contributed by atoms with E-state index >= 15 is 0 Å². The van der Waals surface area contributed by atoms with Crippen LogP contribution in [0.4, 0.5) is 17.1 Å². The average molecular weight is 430 g/mol. The molecule has 0 aromatic heterocycles. The smallest absolute Gasteiger partial charge is 0.0555 e. The summed E-state index contributed by atoms with van der Waals surface area (Å²) in [5, 5.41) is 0. The lowest BCUT2D eigenvalue weighted by Gasteiger charge is -2.37. The molecule has 0 aliphatic carbocycles. The van der Waals surface area contributed by atoms with Crippen LogP contribution in [-0.4, -0.2) is 44.2 Å². The van der Waals surface area contributed by atoms with E-state index in [2.05, 4.69) is 95.3 Å². The lowest BCUT2D eigenvalue weighted by molar-refractivity contribution is 0.256. The van der Waals surface area contributed by atoms with Crippen LogP contribution in [-0.2, 0) is 0 Å². The van der Waals surface area contributed by atoms with Gasteiger partial charge in [-0.2, -0.15) is 0 Å². The number of para-hydroxylation sites is 1. The zero-order chi connectivity index (χ0) is 21.2. The maximum Gasteiger partial charge on any atom is 0.0555 e. The Kier molecular flexibility index (Phi) is 5.93. The highest BCUT2D eigenvalue weighted by atomic mass is 32.2. The average Bonchev–Trinajstić information content (AvgIpc) is 2.80. The van der Waals surface area contributed by atoms with Gasteiger partial charge in [-0.25, -0.2) is 0 Å². The van der Waals surface area contributed by atoms with E-state index < -0.39 is 0 Å². The molecule has 0 N–H and O–H groups in total. The van der Waals surface area contributed by atoms with Gasteiger partial charge >= 0.3 is 0 Å². The molecule has 0 unspecified atom stereocenters. The summed E-state index contributed by atoms with van der Waals surface area (Å²) < 4.78 is 0. The summed E-state index contributed by atoms with van der Waals surface area (Å²) in [4.78, 5) is 10.4. The van der Waals surface area contributed by atoms with E-state index in [4.69, 9.17) is 0 Å². The van der Waals surface area contributed by atoms with Gasteiger partial charge in [0.15, 0.2) is 0 Å². The Bertz CT molecular complexity index is 1040. The van der Waals surface area contributed by atoms with Gasteiger partial charge in [0.05, 0.1) is 11.4 Å². The zero-order valence-corrected chi connectivity index (χ0v) is 19.4. The van der Waals surface area contributed by atoms with Crippen LogP contribution < -0.4 is 9.80 Å². The van der Waals surface area contributed by atoms with Crippen LogP contribution in [0.15, 0.2) is 76.5 Å². The predicted molar refractivity (Wildman–Crippen MR) is 133 cm³/mol. The van der Waals surface area contributed by atoms with Crippen molar-refractivity contribution in [2.45, 2.75) is 30.1 Å². The van der Waals surface area contributed by atoms with E-state index in [1.165, 1.54) is 44.4 Å². The number of fused-ring (bicyclic) bond motifs is 2. The summed E-state index contributed by atoms with van der Waals surface area (Å²) in [6, 6.07) is 24.6. The number of hydrogen-bond acceptors (Lipinski definition) is 4. The molecule has 0 spiro atoms. The molecule has 160 valence electrons. The second-order valence-corrected chi connectivity index (χ2v) is 9.79. The van der Waals surface area contributed by atoms with Crippen molar-refractivity contribution in [1.29, 1.82) is 0 Å². The summed E-state index contributed by atoms with van der Waals surface area (Å²) in [6.45, 7) is 11.1. The van der Waals surface area contributed by atoms with Gasteiger partial charge in [-0.05, 0) is 68.8 Å². The van der Waals surface area contributed by atoms with Crippen molar-refractivity contribution in [2.24, 2.45) is 0 Å². The molecule has 0 bridgehead atoms. The van der Waals surface area contributed by atoms with Crippen molar-refractivity contribution in [1.82, 2.24) is 4.90 Å². The first-order valence-electron chi connectivity index (χ1n) is 11.4. The van der Waals surface area contributed by atoms with Gasteiger partial charge in [0.1, 0.15) is 0 Å². The number of piperazine rings is 1. The topological polar surface area (TPSA) is 9.72 Å². The second kappa shape index (κ2) is 8.97. The molecule has 31 heavy (non-hydrogen) atoms. The number of nitrogens with zero attached hydrogens (tertiary/aromatic N) is 3. The van der Waals surface area contributed by atoms with Crippen LogP contribution >= 0.6 is 11.8 Å². The van der Waals surface area contributed by atoms with Gasteiger partial charge < -0.3 is 9.80 Å². The van der Waals surface area contributed by atoms with Crippen LogP contribution in [0.25, 0.3) is 0 Å². The highest BCUT2D eigenvalue weighted by molar-refractivity contribution is 7.99. The first-order chi connectivity index (χ1) is 15.2. The van der Waals surface area contributed by atoms with Gasteiger partial charge in [-0.3, -0.25) is 4.90 Å². The molecule has 3 nitrogen and oxygen atoms in total. The Hall–Kier alpha value is -2.43. The van der Waals surface area contributed by atoms with Crippen molar-refractivity contribution >= 4 is 28.8 Å². The van der Waals surface area contributed by atoms with Crippen LogP contribution in [0.1, 0.15) is 17.5 Å². The van der Waals surface area contributed by atoms with Gasteiger partial charge in [0.25, 0.3) is 0 Å². The molecular weight excluding hydrogens is 398 g/mol. The Morgan fingerprint density at radius 3 is 2.23 bits per heavy atom. The SMILES string of the molecule is Cc1ccc(N2CCN(CCCN3c4ccccc4Sc4ccc(C)cc43)CC2)cc1. The van der Waals surface area contributed by atoms with Crippen LogP contribution in [0.2, 0.25) is 0 Å². The number of anilines is 3. The molecule has 2 heterocycles. The molecule has 5 rings (SSSR count). The fourth-order valence-corrected chi connectivity index (χ4v) is 5.69. The lowest BCUT2D eigenvalue weighted by atomic mass is 10.1. The number of hydrogen-bond donors (Lipinski definition) is 0. The molecule has 3 aromatic rings. The summed E-state index contributed by atoms with van der Waals surface area (Å²) in [7, 11) is 0. The quantitative estimate of drug-likeness (QED) is 0.483. The normalized spacial score (nSPS) is 16.2. The summed E-state index contributed by atoms with van der Waals surface area (Å²) >= 11 is 1.90. The number of aryl methyl sites for hydroxylation is 2. The Morgan fingerprint density at radius 1 is 0.710 bits per heavy atom. The second-order valence-electron chi connectivity index (χ2n) is 8.71. The van der Waals surface area contributed by atoms with Gasteiger partial charge in [0, 0.05) is 48.2 Å². The molecule has 0 amide bonds. The van der Waals surface area contributed by atoms with Crippen molar-refractivity contribution in [2.75, 3.05) is 49.1 Å². The minimum Gasteiger partial charge on any atom is -0.369 e. The van der Waals surface area contributed by atoms with E-state index in [1.807, 2.05) is 11.8 Å². The molecule has 0 saturated carbocycles. The minimum atomic E-state index is 1.06. The van der Waals surface area contributed by atoms with Gasteiger partial charge in [0.2, 0.25) is 0 Å². The van der Waals surface area contributed by atoms with Crippen molar-refractivity contribution < 1.29 is 0 Å². The molecule has 1 fully saturated rings. The van der Waals surface area contributed by atoms with Crippen molar-refractivity contribution in [3.63, 3.8) is 0 Å². The molecule has 2 aliphatic heterocycles. The highest BCUT2D eigenvalue weighted by Crippen LogP contribution is 2.48. The Morgan fingerprint density at radius 2 is 1.42 bits per heavy atom. The van der Waals surface area contributed by atoms with Crippen molar-refractivity contribution in [3.8, 4) is 0 Å². The van der Waals surface area contributed by atoms with Crippen LogP contribution in [0, 0.1) is 13.8 Å². The largest absolute Gasteiger partial charge is 0.369 e. The third-order valence-electron chi connectivity index (χ3n) is 6.41. The predicted octanol–water partition coefficient (Wildman–Crippen LogP) is 6.12. The van der Waals surface area contributed by atoms with Gasteiger partial charge in [-0.1, -0.05) is 47.7 Å². The monoisotopic (exact) mass is 429 g/mol. The Labute approximate surface area is 190 Å². The number of benzene rings is 3. The van der Waals surface area contributed by atoms with E-state index in [0.717, 1.165) is 39.3 Å². The molecule has 0 radical (unpaired) electrons. The first kappa shape index (κ1) is 20.5. The fraction of sp³-hybridized carbons (Fsp3) is 0.333. The zero-order valence-electron chi connectivity index (χ0n) is 18.6. The summed E-state index contributed by atoms with van der Waals surface area (Å²) in [5.41, 5.74) is 6.75.